The lowest BCUT2D eigenvalue weighted by Gasteiger charge is -2.11. The minimum absolute atomic E-state index is 0.596. The summed E-state index contributed by atoms with van der Waals surface area (Å²) in [5.41, 5.74) is 2.53. The molecule has 0 unspecified atom stereocenters. The highest BCUT2D eigenvalue weighted by molar-refractivity contribution is 5.61. The van der Waals surface area contributed by atoms with Crippen molar-refractivity contribution in [3.05, 3.63) is 71.5 Å². The predicted molar refractivity (Wildman–Crippen MR) is 102 cm³/mol. The fourth-order valence-electron chi connectivity index (χ4n) is 2.47. The molecular weight excluding hydrogens is 326 g/mol. The van der Waals surface area contributed by atoms with E-state index in [0.717, 1.165) is 22.8 Å². The molecule has 0 saturated carbocycles. The molecule has 26 heavy (non-hydrogen) atoms. The van der Waals surface area contributed by atoms with Gasteiger partial charge in [-0.15, -0.1) is 0 Å². The number of methoxy groups -OCH3 is 1. The molecule has 0 aliphatic rings. The van der Waals surface area contributed by atoms with Gasteiger partial charge < -0.3 is 15.4 Å². The summed E-state index contributed by atoms with van der Waals surface area (Å²) < 4.78 is 5.17. The molecule has 3 aromatic rings. The van der Waals surface area contributed by atoms with Crippen molar-refractivity contribution in [2.75, 3.05) is 17.7 Å². The van der Waals surface area contributed by atoms with Crippen LogP contribution in [-0.4, -0.2) is 17.1 Å². The Balaban J connectivity index is 1.71. The van der Waals surface area contributed by atoms with Gasteiger partial charge in [0.1, 0.15) is 23.2 Å². The molecule has 6 nitrogen and oxygen atoms in total. The van der Waals surface area contributed by atoms with Crippen molar-refractivity contribution in [2.24, 2.45) is 0 Å². The van der Waals surface area contributed by atoms with Gasteiger partial charge in [0.2, 0.25) is 0 Å². The molecule has 2 aromatic carbocycles. The van der Waals surface area contributed by atoms with E-state index in [-0.39, 0.29) is 0 Å². The van der Waals surface area contributed by atoms with E-state index >= 15 is 0 Å². The zero-order valence-corrected chi connectivity index (χ0v) is 14.7. The van der Waals surface area contributed by atoms with Gasteiger partial charge in [0.05, 0.1) is 18.7 Å². The number of aromatic nitrogens is 2. The first kappa shape index (κ1) is 17.2. The Labute approximate surface area is 152 Å². The number of rotatable bonds is 6. The molecule has 6 heteroatoms. The number of benzene rings is 2. The van der Waals surface area contributed by atoms with Crippen LogP contribution in [0, 0.1) is 18.3 Å². The third-order valence-electron chi connectivity index (χ3n) is 3.73. The summed E-state index contributed by atoms with van der Waals surface area (Å²) in [6, 6.07) is 19.1. The summed E-state index contributed by atoms with van der Waals surface area (Å²) in [5.74, 6) is 2.89. The van der Waals surface area contributed by atoms with Crippen molar-refractivity contribution in [3.8, 4) is 11.8 Å². The first-order valence-corrected chi connectivity index (χ1v) is 8.16. The quantitative estimate of drug-likeness (QED) is 0.702. The van der Waals surface area contributed by atoms with Crippen molar-refractivity contribution in [3.63, 3.8) is 0 Å². The summed E-state index contributed by atoms with van der Waals surface area (Å²) in [4.78, 5) is 8.82. The molecule has 0 aliphatic heterocycles. The highest BCUT2D eigenvalue weighted by Crippen LogP contribution is 2.19. The van der Waals surface area contributed by atoms with Crippen molar-refractivity contribution >= 4 is 17.3 Å². The van der Waals surface area contributed by atoms with Crippen molar-refractivity contribution in [2.45, 2.75) is 13.5 Å². The second-order valence-corrected chi connectivity index (χ2v) is 5.70. The van der Waals surface area contributed by atoms with Crippen LogP contribution in [0.1, 0.15) is 17.0 Å². The summed E-state index contributed by atoms with van der Waals surface area (Å²) in [5, 5.41) is 15.5. The smallest absolute Gasteiger partial charge is 0.136 e. The van der Waals surface area contributed by atoms with Crippen molar-refractivity contribution in [1.29, 1.82) is 5.26 Å². The predicted octanol–water partition coefficient (Wildman–Crippen LogP) is 4.02. The summed E-state index contributed by atoms with van der Waals surface area (Å²) in [6.45, 7) is 2.49. The lowest BCUT2D eigenvalue weighted by atomic mass is 10.2. The van der Waals surface area contributed by atoms with E-state index in [1.54, 1.807) is 19.2 Å². The molecule has 0 fully saturated rings. The van der Waals surface area contributed by atoms with Crippen LogP contribution < -0.4 is 15.4 Å². The molecular formula is C20H19N5O. The number of hydrogen-bond donors (Lipinski definition) is 2. The highest BCUT2D eigenvalue weighted by Gasteiger charge is 2.04. The third-order valence-corrected chi connectivity index (χ3v) is 3.73. The maximum atomic E-state index is 9.01. The Morgan fingerprint density at radius 3 is 2.54 bits per heavy atom. The topological polar surface area (TPSA) is 82.9 Å². The van der Waals surface area contributed by atoms with E-state index in [9.17, 15) is 0 Å². The molecule has 0 aliphatic carbocycles. The Morgan fingerprint density at radius 2 is 1.81 bits per heavy atom. The highest BCUT2D eigenvalue weighted by atomic mass is 16.5. The average Bonchev–Trinajstić information content (AvgIpc) is 2.66. The number of nitrogens with one attached hydrogen (secondary N) is 2. The van der Waals surface area contributed by atoms with Crippen molar-refractivity contribution < 1.29 is 4.74 Å². The van der Waals surface area contributed by atoms with Gasteiger partial charge in [-0.2, -0.15) is 5.26 Å². The Morgan fingerprint density at radius 1 is 1.04 bits per heavy atom. The van der Waals surface area contributed by atoms with E-state index < -0.39 is 0 Å². The number of nitriles is 1. The van der Waals surface area contributed by atoms with Gasteiger partial charge >= 0.3 is 0 Å². The molecule has 130 valence electrons. The van der Waals surface area contributed by atoms with Crippen LogP contribution in [0.3, 0.4) is 0 Å². The van der Waals surface area contributed by atoms with Gasteiger partial charge in [0.25, 0.3) is 0 Å². The van der Waals surface area contributed by atoms with Gasteiger partial charge in [-0.1, -0.05) is 18.2 Å². The lowest BCUT2D eigenvalue weighted by molar-refractivity contribution is 0.414. The van der Waals surface area contributed by atoms with Gasteiger partial charge in [-0.3, -0.25) is 0 Å². The van der Waals surface area contributed by atoms with Crippen LogP contribution in [0.4, 0.5) is 17.3 Å². The van der Waals surface area contributed by atoms with Crippen LogP contribution >= 0.6 is 0 Å². The Hall–Kier alpha value is -3.59. The van der Waals surface area contributed by atoms with Crippen LogP contribution in [0.15, 0.2) is 54.6 Å². The molecule has 1 aromatic heterocycles. The van der Waals surface area contributed by atoms with Gasteiger partial charge in [0, 0.05) is 18.3 Å². The maximum absolute atomic E-state index is 9.01. The van der Waals surface area contributed by atoms with Crippen LogP contribution in [-0.2, 0) is 6.54 Å². The first-order chi connectivity index (χ1) is 12.7. The third kappa shape index (κ3) is 4.48. The number of ether oxygens (including phenoxy) is 1. The minimum Gasteiger partial charge on any atom is -0.497 e. The number of anilines is 3. The molecule has 3 rings (SSSR count). The van der Waals surface area contributed by atoms with Crippen LogP contribution in [0.25, 0.3) is 0 Å². The molecule has 0 radical (unpaired) electrons. The monoisotopic (exact) mass is 345 g/mol. The van der Waals surface area contributed by atoms with Crippen molar-refractivity contribution in [1.82, 2.24) is 9.97 Å². The molecule has 1 heterocycles. The van der Waals surface area contributed by atoms with Gasteiger partial charge in [-0.05, 0) is 42.8 Å². The number of aryl methyl sites for hydroxylation is 1. The average molecular weight is 345 g/mol. The van der Waals surface area contributed by atoms with E-state index in [1.807, 2.05) is 49.4 Å². The summed E-state index contributed by atoms with van der Waals surface area (Å²) in [6.07, 6.45) is 0. The van der Waals surface area contributed by atoms with Crippen LogP contribution in [0.2, 0.25) is 0 Å². The van der Waals surface area contributed by atoms with Gasteiger partial charge in [-0.25, -0.2) is 9.97 Å². The standard InChI is InChI=1S/C20H19N5O/c1-14-23-19(22-13-15-6-8-18(26-2)9-7-15)11-20(24-14)25-17-5-3-4-16(10-17)12-21/h3-11H,13H2,1-2H3,(H2,22,23,24,25). The molecule has 0 bridgehead atoms. The largest absolute Gasteiger partial charge is 0.497 e. The van der Waals surface area contributed by atoms with Crippen LogP contribution in [0.5, 0.6) is 5.75 Å². The molecule has 0 saturated heterocycles. The number of nitrogens with zero attached hydrogens (tertiary/aromatic N) is 3. The maximum Gasteiger partial charge on any atom is 0.136 e. The lowest BCUT2D eigenvalue weighted by Crippen LogP contribution is -2.05. The minimum atomic E-state index is 0.596. The van der Waals surface area contributed by atoms with E-state index in [4.69, 9.17) is 10.00 Å². The second kappa shape index (κ2) is 7.99. The van der Waals surface area contributed by atoms with Gasteiger partial charge in [0.15, 0.2) is 0 Å². The van der Waals surface area contributed by atoms with E-state index in [2.05, 4.69) is 26.7 Å². The number of hydrogen-bond acceptors (Lipinski definition) is 6. The summed E-state index contributed by atoms with van der Waals surface area (Å²) >= 11 is 0. The molecule has 0 amide bonds. The normalized spacial score (nSPS) is 10.0. The first-order valence-electron chi connectivity index (χ1n) is 8.16. The zero-order chi connectivity index (χ0) is 18.4. The second-order valence-electron chi connectivity index (χ2n) is 5.70. The fraction of sp³-hybridized carbons (Fsp3) is 0.150. The van der Waals surface area contributed by atoms with E-state index in [0.29, 0.717) is 23.8 Å². The zero-order valence-electron chi connectivity index (χ0n) is 14.7. The molecule has 2 N–H and O–H groups in total. The van der Waals surface area contributed by atoms with E-state index in [1.165, 1.54) is 0 Å². The Kier molecular flexibility index (Phi) is 5.30. The fourth-order valence-corrected chi connectivity index (χ4v) is 2.47. The molecule has 0 atom stereocenters. The SMILES string of the molecule is COc1ccc(CNc2cc(Nc3cccc(C#N)c3)nc(C)n2)cc1. The molecule has 0 spiro atoms. The Bertz CT molecular complexity index is 932. The summed E-state index contributed by atoms with van der Waals surface area (Å²) in [7, 11) is 1.65.